The zero-order chi connectivity index (χ0) is 45.6. The van der Waals surface area contributed by atoms with Gasteiger partial charge in [0, 0.05) is 36.9 Å². The van der Waals surface area contributed by atoms with E-state index in [1.165, 1.54) is 0 Å². The molecule has 0 saturated heterocycles. The maximum Gasteiger partial charge on any atom is 0.164 e. The number of thiophene rings is 1. The summed E-state index contributed by atoms with van der Waals surface area (Å²) in [7, 11) is 0. The van der Waals surface area contributed by atoms with E-state index in [4.69, 9.17) is 31.4 Å². The number of hydrogen-bond acceptors (Lipinski definition) is 4. The van der Waals surface area contributed by atoms with E-state index in [-0.39, 0.29) is 54.8 Å². The summed E-state index contributed by atoms with van der Waals surface area (Å²) >= 11 is 0.814. The SMILES string of the molecule is [2H]c1c([2H])c([2H])c(-c2c([2H])c([2H])c(-c3c([2H])c([2H])c([2H])c4c3sc3c([2H])c(-c5nc(-c6ccccc6)nc(-c6cccc(-c7ccccc7)c6)n5)c([2H])c([2H])c34)c([2H])c2[2H])c([2H])c1[2H]. The summed E-state index contributed by atoms with van der Waals surface area (Å²) in [5.41, 5.74) is 1.04. The standard InChI is InChI=1S/C45H29N3S/c1-4-12-30(13-5-1)32-22-24-33(25-23-32)38-20-11-21-40-39-27-26-37(29-41(39)49-42(38)40)45-47-43(34-16-8-3-9-17-34)46-44(48-45)36-19-10-18-35(28-36)31-14-6-2-7-15-31/h1-29H/i1D,4D,5D,11D,12D,13D,20D,21D,22D,23D,24D,25D,26D,27D,29D. The lowest BCUT2D eigenvalue weighted by atomic mass is 9.99. The molecule has 0 fully saturated rings. The lowest BCUT2D eigenvalue weighted by Gasteiger charge is -2.10. The molecular weight excluding hydrogens is 615 g/mol. The molecule has 4 heteroatoms. The number of fused-ring (bicyclic) bond motifs is 3. The first-order valence-corrected chi connectivity index (χ1v) is 16.0. The van der Waals surface area contributed by atoms with Gasteiger partial charge in [0.2, 0.25) is 0 Å². The molecule has 2 aromatic heterocycles. The first-order valence-electron chi connectivity index (χ1n) is 22.6. The van der Waals surface area contributed by atoms with Gasteiger partial charge in [-0.2, -0.15) is 0 Å². The highest BCUT2D eigenvalue weighted by molar-refractivity contribution is 7.26. The fraction of sp³-hybridized carbons (Fsp3) is 0. The molecule has 7 aromatic carbocycles. The third-order valence-corrected chi connectivity index (χ3v) is 8.93. The van der Waals surface area contributed by atoms with Gasteiger partial charge in [-0.1, -0.05) is 163 Å². The van der Waals surface area contributed by atoms with Crippen LogP contribution in [0.1, 0.15) is 20.6 Å². The molecule has 230 valence electrons. The van der Waals surface area contributed by atoms with Crippen LogP contribution < -0.4 is 0 Å². The van der Waals surface area contributed by atoms with Crippen molar-refractivity contribution in [3.05, 3.63) is 176 Å². The highest BCUT2D eigenvalue weighted by Gasteiger charge is 2.16. The first kappa shape index (κ1) is 17.3. The smallest absolute Gasteiger partial charge is 0.164 e. The monoisotopic (exact) mass is 658 g/mol. The summed E-state index contributed by atoms with van der Waals surface area (Å²) in [6.07, 6.45) is 0. The molecule has 0 N–H and O–H groups in total. The van der Waals surface area contributed by atoms with E-state index in [9.17, 15) is 4.11 Å². The molecule has 0 spiro atoms. The topological polar surface area (TPSA) is 38.7 Å². The molecule has 9 rings (SSSR count). The minimum absolute atomic E-state index is 0.0186. The molecule has 0 radical (unpaired) electrons. The second kappa shape index (κ2) is 12.4. The summed E-state index contributed by atoms with van der Waals surface area (Å²) < 4.78 is 133. The number of aromatic nitrogens is 3. The Balaban J connectivity index is 1.31. The fourth-order valence-electron chi connectivity index (χ4n) is 5.44. The number of hydrogen-bond donors (Lipinski definition) is 0. The number of rotatable bonds is 6. The van der Waals surface area contributed by atoms with Crippen LogP contribution in [0.3, 0.4) is 0 Å². The van der Waals surface area contributed by atoms with Gasteiger partial charge in [0.25, 0.3) is 0 Å². The molecule has 0 aliphatic carbocycles. The maximum absolute atomic E-state index is 9.60. The number of benzene rings is 7. The molecule has 0 unspecified atom stereocenters. The molecule has 0 aliphatic heterocycles. The van der Waals surface area contributed by atoms with E-state index in [0.29, 0.717) is 11.1 Å². The van der Waals surface area contributed by atoms with Crippen molar-refractivity contribution in [3.63, 3.8) is 0 Å². The highest BCUT2D eigenvalue weighted by Crippen LogP contribution is 2.41. The van der Waals surface area contributed by atoms with Crippen LogP contribution >= 0.6 is 11.3 Å². The van der Waals surface area contributed by atoms with E-state index >= 15 is 0 Å². The van der Waals surface area contributed by atoms with Crippen molar-refractivity contribution in [2.24, 2.45) is 0 Å². The van der Waals surface area contributed by atoms with Gasteiger partial charge in [0.15, 0.2) is 17.5 Å². The summed E-state index contributed by atoms with van der Waals surface area (Å²) in [6, 6.07) is 16.5. The highest BCUT2D eigenvalue weighted by atomic mass is 32.1. The van der Waals surface area contributed by atoms with Crippen LogP contribution in [0.25, 0.3) is 87.7 Å². The van der Waals surface area contributed by atoms with E-state index in [0.717, 1.165) is 22.5 Å². The molecule has 3 nitrogen and oxygen atoms in total. The second-order valence-electron chi connectivity index (χ2n) is 10.9. The summed E-state index contributed by atoms with van der Waals surface area (Å²) in [5, 5.41) is -0.183. The van der Waals surface area contributed by atoms with E-state index < -0.39 is 101 Å². The Kier molecular flexibility index (Phi) is 4.37. The zero-order valence-corrected chi connectivity index (χ0v) is 26.1. The van der Waals surface area contributed by atoms with Crippen molar-refractivity contribution < 1.29 is 20.6 Å². The van der Waals surface area contributed by atoms with Crippen molar-refractivity contribution in [3.8, 4) is 67.5 Å². The predicted octanol–water partition coefficient (Wildman–Crippen LogP) is 12.2. The van der Waals surface area contributed by atoms with Crippen LogP contribution in [-0.2, 0) is 0 Å². The Morgan fingerprint density at radius 3 is 1.76 bits per heavy atom. The molecule has 0 amide bonds. The summed E-state index contributed by atoms with van der Waals surface area (Å²) in [6.45, 7) is 0. The van der Waals surface area contributed by atoms with Crippen LogP contribution in [0.2, 0.25) is 0 Å². The normalized spacial score (nSPS) is 15.6. The van der Waals surface area contributed by atoms with Gasteiger partial charge < -0.3 is 0 Å². The Labute approximate surface area is 310 Å². The van der Waals surface area contributed by atoms with Crippen LogP contribution in [0.15, 0.2) is 176 Å². The maximum atomic E-state index is 9.60. The average molecular weight is 659 g/mol. The molecule has 0 aliphatic rings. The lowest BCUT2D eigenvalue weighted by molar-refractivity contribution is 1.07. The van der Waals surface area contributed by atoms with Crippen molar-refractivity contribution in [1.82, 2.24) is 15.0 Å². The molecule has 0 bridgehead atoms. The molecule has 49 heavy (non-hydrogen) atoms. The first-order chi connectivity index (χ1) is 30.5. The van der Waals surface area contributed by atoms with Crippen molar-refractivity contribution in [1.29, 1.82) is 0 Å². The van der Waals surface area contributed by atoms with Gasteiger partial charge in [0.1, 0.15) is 0 Å². The minimum Gasteiger partial charge on any atom is -0.208 e. The lowest BCUT2D eigenvalue weighted by Crippen LogP contribution is -2.00. The van der Waals surface area contributed by atoms with Crippen LogP contribution in [0, 0.1) is 0 Å². The average Bonchev–Trinajstić information content (AvgIpc) is 3.72. The largest absolute Gasteiger partial charge is 0.208 e. The minimum atomic E-state index is -0.781. The van der Waals surface area contributed by atoms with Gasteiger partial charge in [0.05, 0.1) is 20.6 Å². The third-order valence-electron chi connectivity index (χ3n) is 7.81. The Bertz CT molecular complexity index is 3390. The fourth-order valence-corrected chi connectivity index (χ4v) is 6.57. The van der Waals surface area contributed by atoms with Crippen molar-refractivity contribution in [2.75, 3.05) is 0 Å². The van der Waals surface area contributed by atoms with E-state index in [2.05, 4.69) is 0 Å². The van der Waals surface area contributed by atoms with Gasteiger partial charge in [-0.3, -0.25) is 0 Å². The summed E-state index contributed by atoms with van der Waals surface area (Å²) in [5.74, 6) is 0.372. The summed E-state index contributed by atoms with van der Waals surface area (Å²) in [4.78, 5) is 14.3. The van der Waals surface area contributed by atoms with Gasteiger partial charge >= 0.3 is 0 Å². The molecule has 2 heterocycles. The Hall–Kier alpha value is -6.23. The zero-order valence-electron chi connectivity index (χ0n) is 40.3. The molecule has 0 saturated carbocycles. The molecule has 9 aromatic rings. The van der Waals surface area contributed by atoms with E-state index in [1.54, 1.807) is 12.1 Å². The van der Waals surface area contributed by atoms with Crippen LogP contribution in [-0.4, -0.2) is 15.0 Å². The second-order valence-corrected chi connectivity index (χ2v) is 11.9. The Morgan fingerprint density at radius 1 is 0.408 bits per heavy atom. The van der Waals surface area contributed by atoms with Gasteiger partial charge in [-0.25, -0.2) is 15.0 Å². The molecular formula is C45H29N3S. The van der Waals surface area contributed by atoms with Gasteiger partial charge in [-0.15, -0.1) is 11.3 Å². The predicted molar refractivity (Wildman–Crippen MR) is 205 cm³/mol. The van der Waals surface area contributed by atoms with E-state index in [1.807, 2.05) is 72.8 Å². The van der Waals surface area contributed by atoms with Gasteiger partial charge in [-0.05, 0) is 45.5 Å². The number of nitrogens with zero attached hydrogens (tertiary/aromatic N) is 3. The third kappa shape index (κ3) is 5.58. The molecule has 0 atom stereocenters. The van der Waals surface area contributed by atoms with Crippen LogP contribution in [0.4, 0.5) is 0 Å². The van der Waals surface area contributed by atoms with Crippen molar-refractivity contribution in [2.45, 2.75) is 0 Å². The van der Waals surface area contributed by atoms with Crippen molar-refractivity contribution >= 4 is 31.5 Å². The quantitative estimate of drug-likeness (QED) is 0.178. The van der Waals surface area contributed by atoms with Crippen LogP contribution in [0.5, 0.6) is 0 Å². The Morgan fingerprint density at radius 2 is 1.00 bits per heavy atom.